The van der Waals surface area contributed by atoms with Gasteiger partial charge in [-0.15, -0.1) is 0 Å². The predicted molar refractivity (Wildman–Crippen MR) is 85.7 cm³/mol. The summed E-state index contributed by atoms with van der Waals surface area (Å²) >= 11 is 0. The Bertz CT molecular complexity index is 695. The lowest BCUT2D eigenvalue weighted by Crippen LogP contribution is -2.34. The van der Waals surface area contributed by atoms with Crippen LogP contribution in [0.25, 0.3) is 0 Å². The first-order chi connectivity index (χ1) is 11.1. The van der Waals surface area contributed by atoms with E-state index in [2.05, 4.69) is 0 Å². The van der Waals surface area contributed by atoms with Crippen LogP contribution in [0.15, 0.2) is 54.6 Å². The van der Waals surface area contributed by atoms with E-state index in [1.807, 2.05) is 12.1 Å². The van der Waals surface area contributed by atoms with Crippen LogP contribution in [0.1, 0.15) is 17.2 Å². The van der Waals surface area contributed by atoms with Gasteiger partial charge in [0, 0.05) is 7.05 Å². The summed E-state index contributed by atoms with van der Waals surface area (Å²) in [6.07, 6.45) is -1.18. The second-order valence-electron chi connectivity index (χ2n) is 5.06. The molecule has 1 N–H and O–H groups in total. The van der Waals surface area contributed by atoms with Crippen molar-refractivity contribution in [3.8, 4) is 11.8 Å². The number of carbonyl (C=O) groups is 1. The third-order valence-corrected chi connectivity index (χ3v) is 3.38. The number of nitriles is 1. The van der Waals surface area contributed by atoms with E-state index in [1.54, 1.807) is 55.6 Å². The van der Waals surface area contributed by atoms with E-state index in [4.69, 9.17) is 10.00 Å². The highest BCUT2D eigenvalue weighted by atomic mass is 16.5. The van der Waals surface area contributed by atoms with Crippen molar-refractivity contribution >= 4 is 5.91 Å². The molecule has 0 aromatic heterocycles. The van der Waals surface area contributed by atoms with Crippen LogP contribution in [0.2, 0.25) is 0 Å². The topological polar surface area (TPSA) is 73.6 Å². The molecule has 0 spiro atoms. The van der Waals surface area contributed by atoms with Gasteiger partial charge in [-0.3, -0.25) is 4.79 Å². The van der Waals surface area contributed by atoms with E-state index in [0.29, 0.717) is 23.4 Å². The first-order valence-corrected chi connectivity index (χ1v) is 7.23. The van der Waals surface area contributed by atoms with Crippen molar-refractivity contribution in [1.82, 2.24) is 4.90 Å². The molecule has 1 amide bonds. The highest BCUT2D eigenvalue weighted by Crippen LogP contribution is 2.15. The molecule has 2 aromatic rings. The number of rotatable bonds is 6. The van der Waals surface area contributed by atoms with Gasteiger partial charge in [-0.2, -0.15) is 5.26 Å². The number of benzene rings is 2. The smallest absolute Gasteiger partial charge is 0.255 e. The fraction of sp³-hybridized carbons (Fsp3) is 0.222. The fourth-order valence-corrected chi connectivity index (χ4v) is 2.05. The molecular weight excluding hydrogens is 292 g/mol. The Balaban J connectivity index is 1.85. The molecule has 0 aliphatic rings. The predicted octanol–water partition coefficient (Wildman–Crippen LogP) is 2.13. The maximum absolute atomic E-state index is 12.2. The van der Waals surface area contributed by atoms with Gasteiger partial charge in [0.05, 0.1) is 18.2 Å². The summed E-state index contributed by atoms with van der Waals surface area (Å²) in [5.41, 5.74) is 1.08. The number of nitrogens with zero attached hydrogens (tertiary/aromatic N) is 2. The fourth-order valence-electron chi connectivity index (χ4n) is 2.05. The lowest BCUT2D eigenvalue weighted by Gasteiger charge is -2.21. The third-order valence-electron chi connectivity index (χ3n) is 3.38. The zero-order valence-corrected chi connectivity index (χ0v) is 12.8. The van der Waals surface area contributed by atoms with Gasteiger partial charge in [0.25, 0.3) is 5.91 Å². The van der Waals surface area contributed by atoms with Gasteiger partial charge in [-0.1, -0.05) is 36.4 Å². The van der Waals surface area contributed by atoms with E-state index < -0.39 is 6.10 Å². The Labute approximate surface area is 135 Å². The van der Waals surface area contributed by atoms with Gasteiger partial charge >= 0.3 is 0 Å². The van der Waals surface area contributed by atoms with Crippen LogP contribution in [0.3, 0.4) is 0 Å². The molecule has 0 fully saturated rings. The van der Waals surface area contributed by atoms with Crippen LogP contribution in [-0.4, -0.2) is 36.1 Å². The number of hydrogen-bond donors (Lipinski definition) is 1. The minimum atomic E-state index is -1.18. The molecule has 5 heteroatoms. The van der Waals surface area contributed by atoms with Crippen molar-refractivity contribution in [1.29, 1.82) is 5.26 Å². The summed E-state index contributed by atoms with van der Waals surface area (Å²) in [7, 11) is 1.61. The minimum Gasteiger partial charge on any atom is -0.492 e. The monoisotopic (exact) mass is 310 g/mol. The van der Waals surface area contributed by atoms with Crippen molar-refractivity contribution in [2.75, 3.05) is 20.2 Å². The first kappa shape index (κ1) is 16.5. The highest BCUT2D eigenvalue weighted by Gasteiger charge is 2.20. The lowest BCUT2D eigenvalue weighted by molar-refractivity contribution is -0.139. The molecular formula is C18H18N2O3. The van der Waals surface area contributed by atoms with E-state index in [-0.39, 0.29) is 12.5 Å². The Hall–Kier alpha value is -2.84. The lowest BCUT2D eigenvalue weighted by atomic mass is 10.1. The number of aliphatic hydroxyl groups is 1. The van der Waals surface area contributed by atoms with Gasteiger partial charge in [0.2, 0.25) is 0 Å². The maximum atomic E-state index is 12.2. The molecule has 0 unspecified atom stereocenters. The van der Waals surface area contributed by atoms with Gasteiger partial charge in [-0.25, -0.2) is 0 Å². The SMILES string of the molecule is CN(CCOc1cccc(C#N)c1)C(=O)[C@@H](O)c1ccccc1. The number of amides is 1. The molecule has 0 aliphatic carbocycles. The average Bonchev–Trinajstić information content (AvgIpc) is 2.61. The Morgan fingerprint density at radius 3 is 2.70 bits per heavy atom. The molecule has 0 saturated heterocycles. The van der Waals surface area contributed by atoms with Crippen molar-refractivity contribution < 1.29 is 14.6 Å². The molecule has 0 aliphatic heterocycles. The number of hydrogen-bond acceptors (Lipinski definition) is 4. The summed E-state index contributed by atoms with van der Waals surface area (Å²) in [4.78, 5) is 13.6. The molecule has 2 rings (SSSR count). The van der Waals surface area contributed by atoms with Gasteiger partial charge < -0.3 is 14.7 Å². The number of carbonyl (C=O) groups excluding carboxylic acids is 1. The second-order valence-corrected chi connectivity index (χ2v) is 5.06. The van der Waals surface area contributed by atoms with E-state index in [1.165, 1.54) is 4.90 Å². The summed E-state index contributed by atoms with van der Waals surface area (Å²) in [5.74, 6) is 0.194. The van der Waals surface area contributed by atoms with Crippen LogP contribution in [0, 0.1) is 11.3 Å². The number of aliphatic hydroxyl groups excluding tert-OH is 1. The maximum Gasteiger partial charge on any atom is 0.255 e. The molecule has 0 bridgehead atoms. The van der Waals surface area contributed by atoms with Gasteiger partial charge in [0.1, 0.15) is 12.4 Å². The van der Waals surface area contributed by atoms with Crippen molar-refractivity contribution in [3.63, 3.8) is 0 Å². The zero-order valence-electron chi connectivity index (χ0n) is 12.8. The quantitative estimate of drug-likeness (QED) is 0.887. The zero-order chi connectivity index (χ0) is 16.7. The molecule has 118 valence electrons. The summed E-state index contributed by atoms with van der Waals surface area (Å²) in [5, 5.41) is 18.9. The van der Waals surface area contributed by atoms with Crippen LogP contribution in [0.5, 0.6) is 5.75 Å². The van der Waals surface area contributed by atoms with E-state index in [9.17, 15) is 9.90 Å². The summed E-state index contributed by atoms with van der Waals surface area (Å²) < 4.78 is 5.53. The molecule has 0 saturated carbocycles. The Kier molecular flexibility index (Phi) is 5.73. The highest BCUT2D eigenvalue weighted by molar-refractivity contribution is 5.81. The van der Waals surface area contributed by atoms with Crippen molar-refractivity contribution in [2.45, 2.75) is 6.10 Å². The van der Waals surface area contributed by atoms with Crippen LogP contribution < -0.4 is 4.74 Å². The molecule has 2 aromatic carbocycles. The molecule has 5 nitrogen and oxygen atoms in total. The second kappa shape index (κ2) is 7.97. The van der Waals surface area contributed by atoms with Gasteiger partial charge in [0.15, 0.2) is 6.10 Å². The Morgan fingerprint density at radius 2 is 2.00 bits per heavy atom. The van der Waals surface area contributed by atoms with E-state index in [0.717, 1.165) is 0 Å². The summed E-state index contributed by atoms with van der Waals surface area (Å²) in [6.45, 7) is 0.609. The van der Waals surface area contributed by atoms with Crippen LogP contribution >= 0.6 is 0 Å². The molecule has 23 heavy (non-hydrogen) atoms. The van der Waals surface area contributed by atoms with Gasteiger partial charge in [-0.05, 0) is 23.8 Å². The molecule has 0 heterocycles. The standard InChI is InChI=1S/C18H18N2O3/c1-20(18(22)17(21)15-7-3-2-4-8-15)10-11-23-16-9-5-6-14(12-16)13-19/h2-9,12,17,21H,10-11H2,1H3/t17-/m0/s1. The van der Waals surface area contributed by atoms with Crippen molar-refractivity contribution in [3.05, 3.63) is 65.7 Å². The Morgan fingerprint density at radius 1 is 1.26 bits per heavy atom. The minimum absolute atomic E-state index is 0.276. The van der Waals surface area contributed by atoms with E-state index >= 15 is 0 Å². The average molecular weight is 310 g/mol. The molecule has 1 atom stereocenters. The third kappa shape index (κ3) is 4.56. The largest absolute Gasteiger partial charge is 0.492 e. The number of likely N-dealkylation sites (N-methyl/N-ethyl adjacent to an activating group) is 1. The first-order valence-electron chi connectivity index (χ1n) is 7.23. The number of ether oxygens (including phenoxy) is 1. The van der Waals surface area contributed by atoms with Crippen LogP contribution in [0.4, 0.5) is 0 Å². The van der Waals surface area contributed by atoms with Crippen LogP contribution in [-0.2, 0) is 4.79 Å². The normalized spacial score (nSPS) is 11.3. The summed E-state index contributed by atoms with van der Waals surface area (Å²) in [6, 6.07) is 17.7. The van der Waals surface area contributed by atoms with Crippen molar-refractivity contribution in [2.24, 2.45) is 0 Å². The molecule has 0 radical (unpaired) electrons.